The number of carbonyl (C=O) groups is 3. The first-order valence-electron chi connectivity index (χ1n) is 9.29. The van der Waals surface area contributed by atoms with Gasteiger partial charge in [0.2, 0.25) is 11.8 Å². The summed E-state index contributed by atoms with van der Waals surface area (Å²) < 4.78 is 0. The Morgan fingerprint density at radius 1 is 1.04 bits per heavy atom. The van der Waals surface area contributed by atoms with E-state index in [2.05, 4.69) is 10.6 Å². The van der Waals surface area contributed by atoms with Crippen LogP contribution < -0.4 is 10.6 Å². The molecule has 148 valence electrons. The molecular formula is C20H28ClN3O3. The maximum atomic E-state index is 12.3. The van der Waals surface area contributed by atoms with Gasteiger partial charge in [-0.15, -0.1) is 0 Å². The number of rotatable bonds is 5. The molecule has 1 saturated heterocycles. The molecule has 1 aliphatic heterocycles. The van der Waals surface area contributed by atoms with Crippen molar-refractivity contribution in [3.63, 3.8) is 0 Å². The van der Waals surface area contributed by atoms with E-state index in [0.29, 0.717) is 49.6 Å². The second kappa shape index (κ2) is 9.22. The van der Waals surface area contributed by atoms with E-state index in [-0.39, 0.29) is 23.6 Å². The molecule has 27 heavy (non-hydrogen) atoms. The van der Waals surface area contributed by atoms with Crippen molar-refractivity contribution in [2.24, 2.45) is 11.3 Å². The molecule has 1 aromatic carbocycles. The van der Waals surface area contributed by atoms with E-state index in [0.717, 1.165) is 0 Å². The van der Waals surface area contributed by atoms with Crippen molar-refractivity contribution in [1.29, 1.82) is 0 Å². The number of hydrogen-bond donors (Lipinski definition) is 2. The zero-order valence-corrected chi connectivity index (χ0v) is 16.9. The van der Waals surface area contributed by atoms with Gasteiger partial charge in [-0.1, -0.05) is 32.4 Å². The van der Waals surface area contributed by atoms with Crippen LogP contribution in [0.25, 0.3) is 0 Å². The molecule has 1 fully saturated rings. The van der Waals surface area contributed by atoms with Crippen molar-refractivity contribution in [3.05, 3.63) is 34.9 Å². The van der Waals surface area contributed by atoms with Crippen LogP contribution in [0, 0.1) is 11.3 Å². The molecule has 3 amide bonds. The Bertz CT molecular complexity index is 675. The number of amides is 3. The minimum absolute atomic E-state index is 0.0152. The fourth-order valence-corrected chi connectivity index (χ4v) is 3.15. The average Bonchev–Trinajstić information content (AvgIpc) is 2.64. The Balaban J connectivity index is 1.67. The first-order chi connectivity index (χ1) is 12.7. The summed E-state index contributed by atoms with van der Waals surface area (Å²) in [4.78, 5) is 38.4. The molecule has 0 radical (unpaired) electrons. The number of nitrogens with zero attached hydrogens (tertiary/aromatic N) is 1. The Hall–Kier alpha value is -2.08. The maximum Gasteiger partial charge on any atom is 0.251 e. The lowest BCUT2D eigenvalue weighted by Crippen LogP contribution is -2.47. The summed E-state index contributed by atoms with van der Waals surface area (Å²) in [6.45, 7) is 7.68. The molecular weight excluding hydrogens is 366 g/mol. The second-order valence-electron chi connectivity index (χ2n) is 7.87. The van der Waals surface area contributed by atoms with Crippen molar-refractivity contribution >= 4 is 29.3 Å². The lowest BCUT2D eigenvalue weighted by atomic mass is 9.91. The summed E-state index contributed by atoms with van der Waals surface area (Å²) in [7, 11) is 0. The smallest absolute Gasteiger partial charge is 0.251 e. The van der Waals surface area contributed by atoms with Crippen LogP contribution in [0.5, 0.6) is 0 Å². The molecule has 0 atom stereocenters. The van der Waals surface area contributed by atoms with Crippen molar-refractivity contribution < 1.29 is 14.4 Å². The fraction of sp³-hybridized carbons (Fsp3) is 0.550. The molecule has 0 spiro atoms. The van der Waals surface area contributed by atoms with Gasteiger partial charge in [0, 0.05) is 48.1 Å². The molecule has 7 heteroatoms. The Morgan fingerprint density at radius 3 is 2.15 bits per heavy atom. The molecule has 6 nitrogen and oxygen atoms in total. The van der Waals surface area contributed by atoms with Crippen LogP contribution in [0.15, 0.2) is 24.3 Å². The summed E-state index contributed by atoms with van der Waals surface area (Å²) in [5, 5.41) is 6.21. The van der Waals surface area contributed by atoms with Gasteiger partial charge in [0.05, 0.1) is 0 Å². The molecule has 1 aromatic rings. The summed E-state index contributed by atoms with van der Waals surface area (Å²) in [5.41, 5.74) is 0.138. The highest BCUT2D eigenvalue weighted by atomic mass is 35.5. The van der Waals surface area contributed by atoms with E-state index in [1.54, 1.807) is 24.3 Å². The van der Waals surface area contributed by atoms with Gasteiger partial charge < -0.3 is 15.5 Å². The predicted molar refractivity (Wildman–Crippen MR) is 106 cm³/mol. The average molecular weight is 394 g/mol. The summed E-state index contributed by atoms with van der Waals surface area (Å²) >= 11 is 5.80. The molecule has 0 aromatic heterocycles. The van der Waals surface area contributed by atoms with Crippen LogP contribution >= 0.6 is 11.6 Å². The zero-order chi connectivity index (χ0) is 20.0. The largest absolute Gasteiger partial charge is 0.354 e. The number of piperidine rings is 1. The summed E-state index contributed by atoms with van der Waals surface area (Å²) in [6, 6.07) is 6.63. The SMILES string of the molecule is CC(C)(C)C(=O)N1CCC(C(=O)NCCNC(=O)c2ccc(Cl)cc2)CC1. The third-order valence-electron chi connectivity index (χ3n) is 4.61. The quantitative estimate of drug-likeness (QED) is 0.754. The minimum Gasteiger partial charge on any atom is -0.354 e. The lowest BCUT2D eigenvalue weighted by molar-refractivity contribution is -0.142. The summed E-state index contributed by atoms with van der Waals surface area (Å²) in [5.74, 6) is -0.166. The van der Waals surface area contributed by atoms with Crippen LogP contribution in [-0.2, 0) is 9.59 Å². The fourth-order valence-electron chi connectivity index (χ4n) is 3.03. The minimum atomic E-state index is -0.391. The highest BCUT2D eigenvalue weighted by molar-refractivity contribution is 6.30. The Labute approximate surface area is 165 Å². The molecule has 0 saturated carbocycles. The van der Waals surface area contributed by atoms with Crippen LogP contribution in [0.4, 0.5) is 0 Å². The monoisotopic (exact) mass is 393 g/mol. The molecule has 0 unspecified atom stereocenters. The molecule has 1 aliphatic rings. The van der Waals surface area contributed by atoms with Gasteiger partial charge >= 0.3 is 0 Å². The highest BCUT2D eigenvalue weighted by Gasteiger charge is 2.32. The van der Waals surface area contributed by atoms with Gasteiger partial charge in [-0.05, 0) is 37.1 Å². The number of nitrogens with one attached hydrogen (secondary N) is 2. The first-order valence-corrected chi connectivity index (χ1v) is 9.67. The van der Waals surface area contributed by atoms with Gasteiger partial charge in [-0.25, -0.2) is 0 Å². The number of benzene rings is 1. The van der Waals surface area contributed by atoms with Gasteiger partial charge in [0.15, 0.2) is 0 Å². The number of halogens is 1. The summed E-state index contributed by atoms with van der Waals surface area (Å²) in [6.07, 6.45) is 1.34. The van der Waals surface area contributed by atoms with Gasteiger partial charge in [0.25, 0.3) is 5.91 Å². The van der Waals surface area contributed by atoms with Crippen LogP contribution in [-0.4, -0.2) is 48.8 Å². The number of likely N-dealkylation sites (tertiary alicyclic amines) is 1. The van der Waals surface area contributed by atoms with Crippen molar-refractivity contribution in [2.45, 2.75) is 33.6 Å². The predicted octanol–water partition coefficient (Wildman–Crippen LogP) is 2.47. The van der Waals surface area contributed by atoms with Crippen molar-refractivity contribution in [1.82, 2.24) is 15.5 Å². The molecule has 0 bridgehead atoms. The highest BCUT2D eigenvalue weighted by Crippen LogP contribution is 2.23. The first kappa shape index (κ1) is 21.2. The zero-order valence-electron chi connectivity index (χ0n) is 16.2. The normalized spacial score (nSPS) is 15.3. The van der Waals surface area contributed by atoms with E-state index in [9.17, 15) is 14.4 Å². The van der Waals surface area contributed by atoms with Crippen molar-refractivity contribution in [3.8, 4) is 0 Å². The third-order valence-corrected chi connectivity index (χ3v) is 4.86. The van der Waals surface area contributed by atoms with Crippen LogP contribution in [0.1, 0.15) is 44.0 Å². The number of carbonyl (C=O) groups excluding carboxylic acids is 3. The van der Waals surface area contributed by atoms with Crippen LogP contribution in [0.2, 0.25) is 5.02 Å². The van der Waals surface area contributed by atoms with E-state index in [1.165, 1.54) is 0 Å². The second-order valence-corrected chi connectivity index (χ2v) is 8.31. The van der Waals surface area contributed by atoms with Gasteiger partial charge in [0.1, 0.15) is 0 Å². The molecule has 2 N–H and O–H groups in total. The van der Waals surface area contributed by atoms with Crippen LogP contribution in [0.3, 0.4) is 0 Å². The topological polar surface area (TPSA) is 78.5 Å². The third kappa shape index (κ3) is 6.24. The lowest BCUT2D eigenvalue weighted by Gasteiger charge is -2.35. The van der Waals surface area contributed by atoms with Gasteiger partial charge in [-0.3, -0.25) is 14.4 Å². The van der Waals surface area contributed by atoms with Gasteiger partial charge in [-0.2, -0.15) is 0 Å². The van der Waals surface area contributed by atoms with E-state index >= 15 is 0 Å². The Kier molecular flexibility index (Phi) is 7.25. The molecule has 1 heterocycles. The molecule has 0 aliphatic carbocycles. The Morgan fingerprint density at radius 2 is 1.59 bits per heavy atom. The number of hydrogen-bond acceptors (Lipinski definition) is 3. The van der Waals surface area contributed by atoms with E-state index in [1.807, 2.05) is 25.7 Å². The molecule has 2 rings (SSSR count). The maximum absolute atomic E-state index is 12.3. The van der Waals surface area contributed by atoms with E-state index < -0.39 is 5.41 Å². The van der Waals surface area contributed by atoms with Crippen molar-refractivity contribution in [2.75, 3.05) is 26.2 Å². The standard InChI is InChI=1S/C20H28ClN3O3/c1-20(2,3)19(27)24-12-8-15(9-13-24)18(26)23-11-10-22-17(25)14-4-6-16(21)7-5-14/h4-7,15H,8-13H2,1-3H3,(H,22,25)(H,23,26). The van der Waals surface area contributed by atoms with E-state index in [4.69, 9.17) is 11.6 Å².